The second kappa shape index (κ2) is 5.78. The summed E-state index contributed by atoms with van der Waals surface area (Å²) in [6.07, 6.45) is 4.28. The van der Waals surface area contributed by atoms with Gasteiger partial charge in [0.25, 0.3) is 0 Å². The number of allylic oxidation sites excluding steroid dienone is 1. The van der Waals surface area contributed by atoms with E-state index in [1.165, 1.54) is 0 Å². The van der Waals surface area contributed by atoms with E-state index in [0.717, 1.165) is 11.0 Å². The van der Waals surface area contributed by atoms with Crippen molar-refractivity contribution in [2.24, 2.45) is 0 Å². The first kappa shape index (κ1) is 16.0. The molecule has 0 aliphatic carbocycles. The highest BCUT2D eigenvalue weighted by atomic mass is 16.7. The molecule has 112 valence electrons. The Balaban J connectivity index is 2.26. The maximum Gasteiger partial charge on any atom is 0.495 e. The minimum absolute atomic E-state index is 0.152. The van der Waals surface area contributed by atoms with Gasteiger partial charge in [0.15, 0.2) is 0 Å². The van der Waals surface area contributed by atoms with Gasteiger partial charge < -0.3 is 9.31 Å². The number of rotatable bonds is 4. The fraction of sp³-hybridized carbons (Fsp3) is 0.471. The predicted octanol–water partition coefficient (Wildman–Crippen LogP) is 2.98. The van der Waals surface area contributed by atoms with Crippen LogP contribution in [0.4, 0.5) is 0 Å². The van der Waals surface area contributed by atoms with Crippen molar-refractivity contribution in [3.63, 3.8) is 0 Å². The molecule has 3 nitrogen and oxygen atoms in total. The number of carbonyl (C=O) groups excluding carboxylic acids is 1. The Hall–Kier alpha value is -1.39. The number of ketones is 1. The lowest BCUT2D eigenvalue weighted by Crippen LogP contribution is -2.41. The van der Waals surface area contributed by atoms with Crippen LogP contribution in [0, 0.1) is 0 Å². The van der Waals surface area contributed by atoms with Gasteiger partial charge in [0.05, 0.1) is 11.2 Å². The standard InChI is InChI=1S/C17H23BO3/c1-13(19)9-8-11-14-10-6-7-12-15(14)18-20-16(2,3)17(4,5)21-18/h6-8,10-12H,9H2,1-5H3/b11-8+. The highest BCUT2D eigenvalue weighted by molar-refractivity contribution is 6.63. The first-order valence-electron chi connectivity index (χ1n) is 7.33. The van der Waals surface area contributed by atoms with E-state index < -0.39 is 0 Å². The second-order valence-electron chi connectivity index (χ2n) is 6.53. The van der Waals surface area contributed by atoms with Crippen LogP contribution in [0.5, 0.6) is 0 Å². The predicted molar refractivity (Wildman–Crippen MR) is 86.5 cm³/mol. The molecule has 0 saturated carbocycles. The molecule has 0 atom stereocenters. The molecule has 0 aromatic heterocycles. The number of carbonyl (C=O) groups is 1. The molecule has 0 amide bonds. The number of Topliss-reactive ketones (excluding diaryl/α,β-unsaturated/α-hetero) is 1. The van der Waals surface area contributed by atoms with Crippen LogP contribution in [-0.4, -0.2) is 24.1 Å². The average Bonchev–Trinajstić information content (AvgIpc) is 2.58. The van der Waals surface area contributed by atoms with Gasteiger partial charge in [-0.1, -0.05) is 36.4 Å². The van der Waals surface area contributed by atoms with Crippen molar-refractivity contribution in [3.8, 4) is 0 Å². The molecule has 1 fully saturated rings. The first-order chi connectivity index (χ1) is 9.73. The van der Waals surface area contributed by atoms with Crippen LogP contribution >= 0.6 is 0 Å². The summed E-state index contributed by atoms with van der Waals surface area (Å²) in [5.41, 5.74) is 1.31. The third kappa shape index (κ3) is 3.45. The smallest absolute Gasteiger partial charge is 0.399 e. The molecule has 1 saturated heterocycles. The minimum atomic E-state index is -0.381. The van der Waals surface area contributed by atoms with Gasteiger partial charge in [0, 0.05) is 6.42 Å². The topological polar surface area (TPSA) is 35.5 Å². The van der Waals surface area contributed by atoms with E-state index in [9.17, 15) is 4.79 Å². The molecule has 21 heavy (non-hydrogen) atoms. The maximum absolute atomic E-state index is 11.0. The fourth-order valence-electron chi connectivity index (χ4n) is 2.20. The fourth-order valence-corrected chi connectivity index (χ4v) is 2.20. The van der Waals surface area contributed by atoms with Crippen LogP contribution in [0.1, 0.15) is 46.6 Å². The van der Waals surface area contributed by atoms with Gasteiger partial charge in [0.2, 0.25) is 0 Å². The molecule has 1 aliphatic heterocycles. The Labute approximate surface area is 127 Å². The third-order valence-electron chi connectivity index (χ3n) is 4.21. The van der Waals surface area contributed by atoms with Gasteiger partial charge in [-0.25, -0.2) is 0 Å². The van der Waals surface area contributed by atoms with Crippen molar-refractivity contribution in [2.45, 2.75) is 52.2 Å². The molecule has 1 aromatic rings. The maximum atomic E-state index is 11.0. The van der Waals surface area contributed by atoms with Crippen LogP contribution in [0.2, 0.25) is 0 Å². The molecule has 0 radical (unpaired) electrons. The van der Waals surface area contributed by atoms with E-state index in [-0.39, 0.29) is 24.1 Å². The van der Waals surface area contributed by atoms with Gasteiger partial charge in [0.1, 0.15) is 5.78 Å². The number of benzene rings is 1. The van der Waals surface area contributed by atoms with E-state index in [2.05, 4.69) is 0 Å². The Morgan fingerprint density at radius 2 is 1.71 bits per heavy atom. The Morgan fingerprint density at radius 1 is 1.14 bits per heavy atom. The van der Waals surface area contributed by atoms with E-state index in [1.807, 2.05) is 64.1 Å². The molecular formula is C17H23BO3. The van der Waals surface area contributed by atoms with Crippen LogP contribution < -0.4 is 5.46 Å². The summed E-state index contributed by atoms with van der Waals surface area (Å²) in [7, 11) is -0.381. The number of hydrogen-bond donors (Lipinski definition) is 0. The Kier molecular flexibility index (Phi) is 4.40. The molecule has 0 N–H and O–H groups in total. The van der Waals surface area contributed by atoms with Crippen LogP contribution in [-0.2, 0) is 14.1 Å². The lowest BCUT2D eigenvalue weighted by atomic mass is 9.76. The van der Waals surface area contributed by atoms with Crippen molar-refractivity contribution in [1.29, 1.82) is 0 Å². The highest BCUT2D eigenvalue weighted by Gasteiger charge is 2.52. The number of hydrogen-bond acceptors (Lipinski definition) is 3. The molecule has 0 bridgehead atoms. The molecule has 0 unspecified atom stereocenters. The van der Waals surface area contributed by atoms with Crippen molar-refractivity contribution in [3.05, 3.63) is 35.9 Å². The quantitative estimate of drug-likeness (QED) is 0.798. The highest BCUT2D eigenvalue weighted by Crippen LogP contribution is 2.36. The average molecular weight is 286 g/mol. The third-order valence-corrected chi connectivity index (χ3v) is 4.21. The van der Waals surface area contributed by atoms with E-state index in [1.54, 1.807) is 6.92 Å². The van der Waals surface area contributed by atoms with Gasteiger partial charge in [-0.15, -0.1) is 0 Å². The van der Waals surface area contributed by atoms with Crippen LogP contribution in [0.3, 0.4) is 0 Å². The molecule has 4 heteroatoms. The molecule has 1 heterocycles. The van der Waals surface area contributed by atoms with Crippen LogP contribution in [0.25, 0.3) is 6.08 Å². The minimum Gasteiger partial charge on any atom is -0.399 e. The second-order valence-corrected chi connectivity index (χ2v) is 6.53. The summed E-state index contributed by atoms with van der Waals surface area (Å²) in [6.45, 7) is 9.76. The largest absolute Gasteiger partial charge is 0.495 e. The van der Waals surface area contributed by atoms with Gasteiger partial charge >= 0.3 is 7.12 Å². The van der Waals surface area contributed by atoms with E-state index in [4.69, 9.17) is 9.31 Å². The zero-order valence-electron chi connectivity index (χ0n) is 13.5. The molecule has 2 rings (SSSR count). The Morgan fingerprint density at radius 3 is 2.29 bits per heavy atom. The summed E-state index contributed by atoms with van der Waals surface area (Å²) >= 11 is 0. The van der Waals surface area contributed by atoms with Crippen molar-refractivity contribution in [1.82, 2.24) is 0 Å². The lowest BCUT2D eigenvalue weighted by molar-refractivity contribution is -0.116. The van der Waals surface area contributed by atoms with Gasteiger partial charge in [-0.3, -0.25) is 4.79 Å². The summed E-state index contributed by atoms with van der Waals surface area (Å²) < 4.78 is 12.2. The van der Waals surface area contributed by atoms with Gasteiger partial charge in [-0.05, 0) is 45.6 Å². The van der Waals surface area contributed by atoms with Crippen molar-refractivity contribution in [2.75, 3.05) is 0 Å². The van der Waals surface area contributed by atoms with Crippen LogP contribution in [0.15, 0.2) is 30.3 Å². The van der Waals surface area contributed by atoms with E-state index >= 15 is 0 Å². The summed E-state index contributed by atoms with van der Waals surface area (Å²) in [5, 5.41) is 0. The van der Waals surface area contributed by atoms with Crippen molar-refractivity contribution < 1.29 is 14.1 Å². The monoisotopic (exact) mass is 286 g/mol. The summed E-state index contributed by atoms with van der Waals surface area (Å²) in [4.78, 5) is 11.0. The van der Waals surface area contributed by atoms with E-state index in [0.29, 0.717) is 6.42 Å². The molecular weight excluding hydrogens is 263 g/mol. The Bertz CT molecular complexity index is 545. The first-order valence-corrected chi connectivity index (χ1v) is 7.33. The molecule has 1 aromatic carbocycles. The summed E-state index contributed by atoms with van der Waals surface area (Å²) in [6, 6.07) is 7.97. The molecule has 1 aliphatic rings. The zero-order chi connectivity index (χ0) is 15.7. The lowest BCUT2D eigenvalue weighted by Gasteiger charge is -2.32. The zero-order valence-corrected chi connectivity index (χ0v) is 13.5. The molecule has 0 spiro atoms. The summed E-state index contributed by atoms with van der Waals surface area (Å²) in [5.74, 6) is 0.152. The van der Waals surface area contributed by atoms with Crippen molar-refractivity contribution >= 4 is 24.4 Å². The normalized spacial score (nSPS) is 20.1. The van der Waals surface area contributed by atoms with Gasteiger partial charge in [-0.2, -0.15) is 0 Å². The SMILES string of the molecule is CC(=O)C/C=C/c1ccccc1B1OC(C)(C)C(C)(C)O1.